The van der Waals surface area contributed by atoms with Gasteiger partial charge in [0.1, 0.15) is 11.6 Å². The van der Waals surface area contributed by atoms with Gasteiger partial charge in [0.25, 0.3) is 11.8 Å². The Morgan fingerprint density at radius 1 is 0.906 bits per heavy atom. The molecule has 7 heteroatoms. The Morgan fingerprint density at radius 3 is 2.16 bits per heavy atom. The molecule has 2 aliphatic rings. The number of carbonyl (C=O) groups is 2. The Kier molecular flexibility index (Phi) is 6.63. The highest BCUT2D eigenvalue weighted by Gasteiger charge is 2.27. The highest BCUT2D eigenvalue weighted by Crippen LogP contribution is 2.37. The smallest absolute Gasteiger partial charge is 0.254 e. The molecule has 6 nitrogen and oxygen atoms in total. The summed E-state index contributed by atoms with van der Waals surface area (Å²) in [4.78, 5) is 29.3. The molecule has 1 heterocycles. The van der Waals surface area contributed by atoms with Gasteiger partial charge in [0, 0.05) is 50.0 Å². The first-order valence-electron chi connectivity index (χ1n) is 11.4. The number of nitrogens with one attached hydrogen (secondary N) is 1. The molecule has 2 N–H and O–H groups in total. The topological polar surface area (TPSA) is 72.9 Å². The fraction of sp³-hybridized carbons (Fsp3) is 0.440. The lowest BCUT2D eigenvalue weighted by Gasteiger charge is -2.35. The molecule has 1 aliphatic heterocycles. The van der Waals surface area contributed by atoms with Gasteiger partial charge in [-0.25, -0.2) is 4.39 Å². The van der Waals surface area contributed by atoms with Crippen molar-refractivity contribution in [1.29, 1.82) is 0 Å². The minimum Gasteiger partial charge on any atom is -0.508 e. The Labute approximate surface area is 188 Å². The van der Waals surface area contributed by atoms with Crippen molar-refractivity contribution in [2.45, 2.75) is 38.0 Å². The van der Waals surface area contributed by atoms with Gasteiger partial charge in [-0.05, 0) is 60.7 Å². The molecular formula is C25H30FN3O3. The van der Waals surface area contributed by atoms with Crippen molar-refractivity contribution in [2.75, 3.05) is 38.5 Å². The second-order valence-electron chi connectivity index (χ2n) is 8.67. The summed E-state index contributed by atoms with van der Waals surface area (Å²) in [5.41, 5.74) is 2.29. The Bertz CT molecular complexity index is 996. The maximum atomic E-state index is 13.8. The summed E-state index contributed by atoms with van der Waals surface area (Å²) in [6, 6.07) is 9.35. The van der Waals surface area contributed by atoms with Crippen molar-refractivity contribution in [3.63, 3.8) is 0 Å². The van der Waals surface area contributed by atoms with Gasteiger partial charge in [-0.1, -0.05) is 19.3 Å². The minimum absolute atomic E-state index is 0.0858. The quantitative estimate of drug-likeness (QED) is 0.748. The maximum absolute atomic E-state index is 13.8. The van der Waals surface area contributed by atoms with Gasteiger partial charge in [-0.3, -0.25) is 9.59 Å². The number of piperazine rings is 1. The van der Waals surface area contributed by atoms with E-state index in [9.17, 15) is 19.1 Å². The monoisotopic (exact) mass is 439 g/mol. The van der Waals surface area contributed by atoms with Crippen molar-refractivity contribution < 1.29 is 19.1 Å². The fourth-order valence-electron chi connectivity index (χ4n) is 4.76. The highest BCUT2D eigenvalue weighted by molar-refractivity contribution is 5.96. The zero-order chi connectivity index (χ0) is 22.7. The zero-order valence-electron chi connectivity index (χ0n) is 18.4. The van der Waals surface area contributed by atoms with E-state index in [0.29, 0.717) is 48.9 Å². The van der Waals surface area contributed by atoms with E-state index in [4.69, 9.17) is 0 Å². The van der Waals surface area contributed by atoms with E-state index < -0.39 is 5.82 Å². The summed E-state index contributed by atoms with van der Waals surface area (Å²) in [6.45, 7) is 1.61. The fourth-order valence-corrected chi connectivity index (χ4v) is 4.76. The van der Waals surface area contributed by atoms with Crippen LogP contribution in [0, 0.1) is 5.82 Å². The van der Waals surface area contributed by atoms with E-state index in [1.807, 2.05) is 6.07 Å². The van der Waals surface area contributed by atoms with Crippen LogP contribution in [0.4, 0.5) is 10.1 Å². The predicted molar refractivity (Wildman–Crippen MR) is 122 cm³/mol. The standard InChI is InChI=1S/C25H30FN3O3/c1-27-21-14-19(13-20(26)16-21)25(32)29-11-9-28(10-12-29)24(31)18-7-8-23(30)22(15-18)17-5-3-2-4-6-17/h7-8,13-17,27,30H,2-6,9-12H2,1H3. The Hall–Kier alpha value is -3.09. The number of hydrogen-bond donors (Lipinski definition) is 2. The average Bonchev–Trinajstić information content (AvgIpc) is 2.83. The van der Waals surface area contributed by atoms with Gasteiger partial charge >= 0.3 is 0 Å². The molecule has 1 saturated heterocycles. The molecule has 170 valence electrons. The van der Waals surface area contributed by atoms with Crippen LogP contribution in [-0.4, -0.2) is 59.9 Å². The van der Waals surface area contributed by atoms with Crippen LogP contribution in [0.25, 0.3) is 0 Å². The number of benzene rings is 2. The molecule has 2 aromatic carbocycles. The van der Waals surface area contributed by atoms with Crippen molar-refractivity contribution in [1.82, 2.24) is 9.80 Å². The summed E-state index contributed by atoms with van der Waals surface area (Å²) in [5.74, 6) is -0.218. The van der Waals surface area contributed by atoms with Crippen LogP contribution in [0.5, 0.6) is 5.75 Å². The van der Waals surface area contributed by atoms with Crippen LogP contribution in [0.2, 0.25) is 0 Å². The first-order chi connectivity index (χ1) is 15.5. The second kappa shape index (κ2) is 9.59. The van der Waals surface area contributed by atoms with Crippen molar-refractivity contribution in [3.05, 3.63) is 58.9 Å². The van der Waals surface area contributed by atoms with Gasteiger partial charge in [-0.15, -0.1) is 0 Å². The molecule has 2 aromatic rings. The number of anilines is 1. The van der Waals surface area contributed by atoms with E-state index in [0.717, 1.165) is 31.2 Å². The number of hydrogen-bond acceptors (Lipinski definition) is 4. The van der Waals surface area contributed by atoms with Gasteiger partial charge in [0.2, 0.25) is 0 Å². The highest BCUT2D eigenvalue weighted by atomic mass is 19.1. The molecule has 2 fully saturated rings. The lowest BCUT2D eigenvalue weighted by molar-refractivity contribution is 0.0535. The third-order valence-electron chi connectivity index (χ3n) is 6.61. The Balaban J connectivity index is 1.41. The maximum Gasteiger partial charge on any atom is 0.254 e. The molecule has 0 radical (unpaired) electrons. The summed E-state index contributed by atoms with van der Waals surface area (Å²) < 4.78 is 13.8. The lowest BCUT2D eigenvalue weighted by Crippen LogP contribution is -2.50. The van der Waals surface area contributed by atoms with Gasteiger partial charge in [-0.2, -0.15) is 0 Å². The number of rotatable bonds is 4. The number of halogens is 1. The number of amides is 2. The number of phenolic OH excluding ortho intramolecular Hbond substituents is 1. The molecule has 0 atom stereocenters. The molecule has 2 amide bonds. The molecule has 32 heavy (non-hydrogen) atoms. The number of nitrogens with zero attached hydrogens (tertiary/aromatic N) is 2. The Morgan fingerprint density at radius 2 is 1.53 bits per heavy atom. The van der Waals surface area contributed by atoms with Crippen LogP contribution in [0.15, 0.2) is 36.4 Å². The zero-order valence-corrected chi connectivity index (χ0v) is 18.4. The van der Waals surface area contributed by atoms with Crippen molar-refractivity contribution in [2.24, 2.45) is 0 Å². The van der Waals surface area contributed by atoms with Crippen LogP contribution < -0.4 is 5.32 Å². The van der Waals surface area contributed by atoms with Gasteiger partial charge in [0.05, 0.1) is 0 Å². The van der Waals surface area contributed by atoms with Crippen molar-refractivity contribution in [3.8, 4) is 5.75 Å². The molecule has 0 bridgehead atoms. The SMILES string of the molecule is CNc1cc(F)cc(C(=O)N2CCN(C(=O)c3ccc(O)c(C4CCCCC4)c3)CC2)c1. The van der Waals surface area contributed by atoms with Gasteiger partial charge < -0.3 is 20.2 Å². The molecular weight excluding hydrogens is 409 g/mol. The van der Waals surface area contributed by atoms with E-state index in [1.165, 1.54) is 18.6 Å². The van der Waals surface area contributed by atoms with Crippen molar-refractivity contribution >= 4 is 17.5 Å². The largest absolute Gasteiger partial charge is 0.508 e. The van der Waals surface area contributed by atoms with Crippen LogP contribution in [0.1, 0.15) is 64.3 Å². The van der Waals surface area contributed by atoms with Crippen LogP contribution >= 0.6 is 0 Å². The minimum atomic E-state index is -0.463. The summed E-state index contributed by atoms with van der Waals surface area (Å²) in [6.07, 6.45) is 5.62. The summed E-state index contributed by atoms with van der Waals surface area (Å²) in [5, 5.41) is 13.2. The molecule has 0 aromatic heterocycles. The number of phenols is 1. The van der Waals surface area contributed by atoms with Crippen LogP contribution in [0.3, 0.4) is 0 Å². The predicted octanol–water partition coefficient (Wildman–Crippen LogP) is 4.22. The molecule has 0 spiro atoms. The molecule has 4 rings (SSSR count). The van der Waals surface area contributed by atoms with E-state index in [2.05, 4.69) is 5.32 Å². The lowest BCUT2D eigenvalue weighted by atomic mass is 9.83. The third-order valence-corrected chi connectivity index (χ3v) is 6.61. The van der Waals surface area contributed by atoms with Gasteiger partial charge in [0.15, 0.2) is 0 Å². The van der Waals surface area contributed by atoms with Crippen LogP contribution in [-0.2, 0) is 0 Å². The second-order valence-corrected chi connectivity index (χ2v) is 8.67. The number of carbonyl (C=O) groups excluding carboxylic acids is 2. The average molecular weight is 440 g/mol. The van der Waals surface area contributed by atoms with E-state index >= 15 is 0 Å². The molecule has 0 unspecified atom stereocenters. The number of aromatic hydroxyl groups is 1. The summed E-state index contributed by atoms with van der Waals surface area (Å²) >= 11 is 0. The van der Waals surface area contributed by atoms with E-state index in [1.54, 1.807) is 35.0 Å². The molecule has 1 saturated carbocycles. The first-order valence-corrected chi connectivity index (χ1v) is 11.4. The third kappa shape index (κ3) is 4.71. The van der Waals surface area contributed by atoms with E-state index in [-0.39, 0.29) is 17.6 Å². The normalized spacial score (nSPS) is 17.3. The molecule has 1 aliphatic carbocycles. The summed E-state index contributed by atoms with van der Waals surface area (Å²) in [7, 11) is 1.68. The first kappa shape index (κ1) is 22.1.